The lowest BCUT2D eigenvalue weighted by Gasteiger charge is -2.32. The summed E-state index contributed by atoms with van der Waals surface area (Å²) < 4.78 is 0. The SMILES string of the molecule is CCN1CCCC(NCc2c(C)nc(-c3ccccc3)nc2-c2cccc([N+](=O)[O-])c2)C1.Cl.Cl. The molecule has 0 bridgehead atoms. The van der Waals surface area contributed by atoms with Gasteiger partial charge in [-0.2, -0.15) is 0 Å². The van der Waals surface area contributed by atoms with Crippen LogP contribution >= 0.6 is 24.8 Å². The minimum absolute atomic E-state index is 0. The minimum Gasteiger partial charge on any atom is -0.308 e. The molecule has 3 aromatic rings. The lowest BCUT2D eigenvalue weighted by atomic mass is 10.0. The van der Waals surface area contributed by atoms with Crippen LogP contribution in [0.2, 0.25) is 0 Å². The number of nitro groups is 1. The molecule has 1 atom stereocenters. The Labute approximate surface area is 213 Å². The van der Waals surface area contributed by atoms with Gasteiger partial charge in [0.25, 0.3) is 5.69 Å². The van der Waals surface area contributed by atoms with Crippen molar-refractivity contribution in [2.75, 3.05) is 19.6 Å². The first-order valence-corrected chi connectivity index (χ1v) is 11.2. The number of nitrogens with one attached hydrogen (secondary N) is 1. The Kier molecular flexibility index (Phi) is 10.4. The van der Waals surface area contributed by atoms with E-state index in [0.717, 1.165) is 54.1 Å². The summed E-state index contributed by atoms with van der Waals surface area (Å²) in [6, 6.07) is 16.9. The highest BCUT2D eigenvalue weighted by molar-refractivity contribution is 5.85. The summed E-state index contributed by atoms with van der Waals surface area (Å²) in [5.41, 5.74) is 4.33. The van der Waals surface area contributed by atoms with Gasteiger partial charge in [-0.3, -0.25) is 10.1 Å². The third kappa shape index (κ3) is 6.51. The third-order valence-electron chi connectivity index (χ3n) is 6.10. The monoisotopic (exact) mass is 503 g/mol. The Balaban J connectivity index is 0.00000204. The maximum absolute atomic E-state index is 11.4. The van der Waals surface area contributed by atoms with Gasteiger partial charge in [0.05, 0.1) is 10.6 Å². The van der Waals surface area contributed by atoms with Gasteiger partial charge < -0.3 is 10.2 Å². The van der Waals surface area contributed by atoms with Crippen LogP contribution in [0.1, 0.15) is 31.0 Å². The number of benzene rings is 2. The van der Waals surface area contributed by atoms with E-state index in [1.54, 1.807) is 12.1 Å². The van der Waals surface area contributed by atoms with Crippen molar-refractivity contribution < 1.29 is 4.92 Å². The molecule has 182 valence electrons. The average molecular weight is 504 g/mol. The molecular weight excluding hydrogens is 473 g/mol. The molecule has 1 unspecified atom stereocenters. The zero-order chi connectivity index (χ0) is 22.5. The predicted molar refractivity (Wildman–Crippen MR) is 141 cm³/mol. The number of rotatable bonds is 7. The van der Waals surface area contributed by atoms with Crippen LogP contribution < -0.4 is 5.32 Å². The van der Waals surface area contributed by atoms with E-state index < -0.39 is 0 Å². The number of aryl methyl sites for hydroxylation is 1. The van der Waals surface area contributed by atoms with Crippen molar-refractivity contribution in [2.24, 2.45) is 0 Å². The van der Waals surface area contributed by atoms with E-state index in [-0.39, 0.29) is 35.4 Å². The molecule has 34 heavy (non-hydrogen) atoms. The van der Waals surface area contributed by atoms with E-state index in [0.29, 0.717) is 18.4 Å². The van der Waals surface area contributed by atoms with E-state index in [2.05, 4.69) is 17.1 Å². The second kappa shape index (κ2) is 12.8. The molecule has 0 saturated carbocycles. The van der Waals surface area contributed by atoms with Crippen LogP contribution in [0.4, 0.5) is 5.69 Å². The van der Waals surface area contributed by atoms with Gasteiger partial charge in [-0.25, -0.2) is 9.97 Å². The van der Waals surface area contributed by atoms with Crippen LogP contribution in [0.25, 0.3) is 22.6 Å². The molecule has 0 radical (unpaired) electrons. The van der Waals surface area contributed by atoms with Crippen molar-refractivity contribution in [3.63, 3.8) is 0 Å². The minimum atomic E-state index is -0.366. The van der Waals surface area contributed by atoms with Crippen LogP contribution in [-0.4, -0.2) is 45.5 Å². The Bertz CT molecular complexity index is 1100. The summed E-state index contributed by atoms with van der Waals surface area (Å²) in [6.45, 7) is 8.06. The highest BCUT2D eigenvalue weighted by Crippen LogP contribution is 2.29. The quantitative estimate of drug-likeness (QED) is 0.341. The molecule has 1 saturated heterocycles. The number of likely N-dealkylation sites (N-methyl/N-ethyl adjacent to an activating group) is 1. The van der Waals surface area contributed by atoms with Crippen molar-refractivity contribution in [1.29, 1.82) is 0 Å². The number of nitrogens with zero attached hydrogens (tertiary/aromatic N) is 4. The first-order valence-electron chi connectivity index (χ1n) is 11.2. The summed E-state index contributed by atoms with van der Waals surface area (Å²) >= 11 is 0. The summed E-state index contributed by atoms with van der Waals surface area (Å²) in [5.74, 6) is 0.628. The highest BCUT2D eigenvalue weighted by atomic mass is 35.5. The Morgan fingerprint density at radius 3 is 2.53 bits per heavy atom. The van der Waals surface area contributed by atoms with Crippen LogP contribution in [-0.2, 0) is 6.54 Å². The summed E-state index contributed by atoms with van der Waals surface area (Å²) in [5, 5.41) is 15.1. The van der Waals surface area contributed by atoms with E-state index >= 15 is 0 Å². The number of hydrogen-bond donors (Lipinski definition) is 1. The van der Waals surface area contributed by atoms with Crippen molar-refractivity contribution in [2.45, 2.75) is 39.3 Å². The largest absolute Gasteiger partial charge is 0.308 e. The van der Waals surface area contributed by atoms with E-state index in [1.165, 1.54) is 12.5 Å². The summed E-state index contributed by atoms with van der Waals surface area (Å²) in [7, 11) is 0. The summed E-state index contributed by atoms with van der Waals surface area (Å²) in [4.78, 5) is 23.1. The van der Waals surface area contributed by atoms with Crippen molar-refractivity contribution >= 4 is 30.5 Å². The number of halogens is 2. The smallest absolute Gasteiger partial charge is 0.270 e. The van der Waals surface area contributed by atoms with Crippen molar-refractivity contribution in [3.05, 3.63) is 76.0 Å². The van der Waals surface area contributed by atoms with Gasteiger partial charge in [0.2, 0.25) is 0 Å². The normalized spacial score (nSPS) is 15.8. The first kappa shape index (κ1) is 27.7. The molecule has 2 heterocycles. The molecule has 1 aromatic heterocycles. The second-order valence-corrected chi connectivity index (χ2v) is 8.25. The van der Waals surface area contributed by atoms with Crippen LogP contribution in [0.5, 0.6) is 0 Å². The molecule has 1 aliphatic heterocycles. The number of piperidine rings is 1. The van der Waals surface area contributed by atoms with Crippen molar-refractivity contribution in [3.8, 4) is 22.6 Å². The molecule has 9 heteroatoms. The number of likely N-dealkylation sites (tertiary alicyclic amines) is 1. The number of hydrogen-bond acceptors (Lipinski definition) is 6. The Hall–Kier alpha value is -2.58. The molecule has 7 nitrogen and oxygen atoms in total. The van der Waals surface area contributed by atoms with Gasteiger partial charge in [0.15, 0.2) is 5.82 Å². The average Bonchev–Trinajstić information content (AvgIpc) is 2.83. The zero-order valence-corrected chi connectivity index (χ0v) is 21.1. The topological polar surface area (TPSA) is 84.2 Å². The third-order valence-corrected chi connectivity index (χ3v) is 6.10. The van der Waals surface area contributed by atoms with Crippen molar-refractivity contribution in [1.82, 2.24) is 20.2 Å². The lowest BCUT2D eigenvalue weighted by molar-refractivity contribution is -0.384. The Morgan fingerprint density at radius 1 is 1.09 bits per heavy atom. The molecule has 1 fully saturated rings. The van der Waals surface area contributed by atoms with E-state index in [1.807, 2.05) is 43.3 Å². The number of non-ortho nitro benzene ring substituents is 1. The van der Waals surface area contributed by atoms with Gasteiger partial charge in [0, 0.05) is 53.6 Å². The molecule has 0 spiro atoms. The number of nitro benzene ring substituents is 1. The van der Waals surface area contributed by atoms with E-state index in [4.69, 9.17) is 9.97 Å². The molecule has 0 amide bonds. The molecular formula is C25H31Cl2N5O2. The maximum atomic E-state index is 11.4. The Morgan fingerprint density at radius 2 is 1.82 bits per heavy atom. The standard InChI is InChI=1S/C25H29N5O2.2ClH/c1-3-29-14-8-12-21(17-29)26-16-23-18(2)27-25(19-9-5-4-6-10-19)28-24(23)20-11-7-13-22(15-20)30(31)32;;/h4-7,9-11,13,15,21,26H,3,8,12,14,16-17H2,1-2H3;2*1H. The lowest BCUT2D eigenvalue weighted by Crippen LogP contribution is -2.45. The van der Waals surface area contributed by atoms with E-state index in [9.17, 15) is 10.1 Å². The zero-order valence-electron chi connectivity index (χ0n) is 19.4. The molecule has 1 N–H and O–H groups in total. The van der Waals surface area contributed by atoms with Gasteiger partial charge in [0.1, 0.15) is 0 Å². The van der Waals surface area contributed by atoms with Crippen LogP contribution in [0.15, 0.2) is 54.6 Å². The summed E-state index contributed by atoms with van der Waals surface area (Å²) in [6.07, 6.45) is 2.33. The van der Waals surface area contributed by atoms with Gasteiger partial charge >= 0.3 is 0 Å². The molecule has 1 aliphatic rings. The fourth-order valence-corrected chi connectivity index (χ4v) is 4.29. The first-order chi connectivity index (χ1) is 15.5. The molecule has 2 aromatic carbocycles. The fraction of sp³-hybridized carbons (Fsp3) is 0.360. The highest BCUT2D eigenvalue weighted by Gasteiger charge is 2.21. The molecule has 0 aliphatic carbocycles. The van der Waals surface area contributed by atoms with Crippen LogP contribution in [0.3, 0.4) is 0 Å². The fourth-order valence-electron chi connectivity index (χ4n) is 4.29. The molecule has 4 rings (SSSR count). The van der Waals surface area contributed by atoms with Gasteiger partial charge in [-0.15, -0.1) is 24.8 Å². The van der Waals surface area contributed by atoms with Gasteiger partial charge in [-0.1, -0.05) is 49.4 Å². The maximum Gasteiger partial charge on any atom is 0.270 e. The predicted octanol–water partition coefficient (Wildman–Crippen LogP) is 5.44. The number of aromatic nitrogens is 2. The van der Waals surface area contributed by atoms with Crippen LogP contribution in [0, 0.1) is 17.0 Å². The second-order valence-electron chi connectivity index (χ2n) is 8.25. The van der Waals surface area contributed by atoms with Gasteiger partial charge in [-0.05, 0) is 32.9 Å².